The summed E-state index contributed by atoms with van der Waals surface area (Å²) in [4.78, 5) is 16.8. The predicted octanol–water partition coefficient (Wildman–Crippen LogP) is 4.16. The highest BCUT2D eigenvalue weighted by Crippen LogP contribution is 2.38. The number of carboxylic acids is 1. The van der Waals surface area contributed by atoms with E-state index in [-0.39, 0.29) is 0 Å². The van der Waals surface area contributed by atoms with Gasteiger partial charge in [0.15, 0.2) is 5.65 Å². The third-order valence-corrected chi connectivity index (χ3v) is 4.81. The Morgan fingerprint density at radius 1 is 1.20 bits per heavy atom. The van der Waals surface area contributed by atoms with Crippen LogP contribution in [0.2, 0.25) is 0 Å². The summed E-state index contributed by atoms with van der Waals surface area (Å²) in [5.74, 6) is -0.834. The summed E-state index contributed by atoms with van der Waals surface area (Å²) in [7, 11) is 0. The molecule has 5 nitrogen and oxygen atoms in total. The molecule has 1 atom stereocenters. The van der Waals surface area contributed by atoms with E-state index in [0.29, 0.717) is 6.42 Å². The Kier molecular flexibility index (Phi) is 4.33. The van der Waals surface area contributed by atoms with Gasteiger partial charge in [0, 0.05) is 22.9 Å². The van der Waals surface area contributed by atoms with Crippen molar-refractivity contribution in [3.05, 3.63) is 53.3 Å². The number of benzene rings is 1. The maximum atomic E-state index is 12.2. The first-order valence-electron chi connectivity index (χ1n) is 8.53. The first-order chi connectivity index (χ1) is 11.9. The minimum Gasteiger partial charge on any atom is -0.481 e. The number of aromatic nitrogens is 3. The second-order valence-electron chi connectivity index (χ2n) is 6.78. The van der Waals surface area contributed by atoms with Gasteiger partial charge in [-0.3, -0.25) is 4.79 Å². The predicted molar refractivity (Wildman–Crippen MR) is 97.8 cm³/mol. The summed E-state index contributed by atoms with van der Waals surface area (Å²) >= 11 is 0. The molecule has 0 spiro atoms. The third-order valence-electron chi connectivity index (χ3n) is 4.81. The van der Waals surface area contributed by atoms with Crippen molar-refractivity contribution >= 4 is 11.6 Å². The van der Waals surface area contributed by atoms with E-state index in [1.54, 1.807) is 17.6 Å². The molecule has 5 heteroatoms. The van der Waals surface area contributed by atoms with Gasteiger partial charge in [0.2, 0.25) is 0 Å². The Balaban J connectivity index is 2.41. The van der Waals surface area contributed by atoms with Crippen LogP contribution in [0, 0.1) is 13.8 Å². The molecule has 0 saturated carbocycles. The number of rotatable bonds is 5. The van der Waals surface area contributed by atoms with Crippen molar-refractivity contribution in [3.8, 4) is 11.3 Å². The molecule has 3 rings (SSSR count). The summed E-state index contributed by atoms with van der Waals surface area (Å²) < 4.78 is 1.75. The number of nitrogens with zero attached hydrogens (tertiary/aromatic N) is 3. The minimum atomic E-state index is -1.02. The lowest BCUT2D eigenvalue weighted by molar-refractivity contribution is -0.143. The summed E-state index contributed by atoms with van der Waals surface area (Å²) in [5, 5.41) is 14.4. The van der Waals surface area contributed by atoms with Crippen LogP contribution < -0.4 is 0 Å². The number of aliphatic carboxylic acids is 1. The molecular weight excluding hydrogens is 314 g/mol. The van der Waals surface area contributed by atoms with Crippen molar-refractivity contribution in [1.82, 2.24) is 14.6 Å². The first-order valence-corrected chi connectivity index (χ1v) is 8.53. The van der Waals surface area contributed by atoms with Crippen LogP contribution in [-0.2, 0) is 10.2 Å². The van der Waals surface area contributed by atoms with Gasteiger partial charge in [-0.25, -0.2) is 9.50 Å². The highest BCUT2D eigenvalue weighted by molar-refractivity contribution is 5.85. The molecule has 0 bridgehead atoms. The van der Waals surface area contributed by atoms with E-state index < -0.39 is 11.4 Å². The molecule has 0 aliphatic heterocycles. The van der Waals surface area contributed by atoms with Gasteiger partial charge in [-0.1, -0.05) is 43.2 Å². The largest absolute Gasteiger partial charge is 0.481 e. The van der Waals surface area contributed by atoms with Crippen LogP contribution in [0.1, 0.15) is 43.5 Å². The fourth-order valence-corrected chi connectivity index (χ4v) is 3.54. The van der Waals surface area contributed by atoms with Gasteiger partial charge >= 0.3 is 5.97 Å². The minimum absolute atomic E-state index is 0.538. The Morgan fingerprint density at radius 2 is 1.88 bits per heavy atom. The van der Waals surface area contributed by atoms with Crippen LogP contribution in [0.15, 0.2) is 36.5 Å². The number of aryl methyl sites for hydroxylation is 2. The normalized spacial score (nSPS) is 13.8. The molecular formula is C20H23N3O2. The van der Waals surface area contributed by atoms with E-state index in [1.807, 2.05) is 51.1 Å². The molecule has 0 fully saturated rings. The number of fused-ring (bicyclic) bond motifs is 1. The molecule has 1 N–H and O–H groups in total. The molecule has 3 aromatic rings. The molecule has 2 aromatic heterocycles. The number of hydrogen-bond acceptors (Lipinski definition) is 3. The van der Waals surface area contributed by atoms with E-state index in [4.69, 9.17) is 0 Å². The fourth-order valence-electron chi connectivity index (χ4n) is 3.54. The summed E-state index contributed by atoms with van der Waals surface area (Å²) in [6, 6.07) is 9.93. The fraction of sp³-hybridized carbons (Fsp3) is 0.350. The Hall–Kier alpha value is -2.69. The highest BCUT2D eigenvalue weighted by atomic mass is 16.4. The quantitative estimate of drug-likeness (QED) is 0.759. The van der Waals surface area contributed by atoms with E-state index in [1.165, 1.54) is 0 Å². The molecule has 2 heterocycles. The highest BCUT2D eigenvalue weighted by Gasteiger charge is 2.39. The van der Waals surface area contributed by atoms with Gasteiger partial charge in [0.25, 0.3) is 0 Å². The van der Waals surface area contributed by atoms with E-state index in [2.05, 4.69) is 10.1 Å². The number of carbonyl (C=O) groups is 1. The topological polar surface area (TPSA) is 67.5 Å². The van der Waals surface area contributed by atoms with Gasteiger partial charge < -0.3 is 5.11 Å². The zero-order valence-corrected chi connectivity index (χ0v) is 15.1. The molecule has 1 unspecified atom stereocenters. The van der Waals surface area contributed by atoms with Gasteiger partial charge in [0.1, 0.15) is 0 Å². The Labute approximate surface area is 147 Å². The van der Waals surface area contributed by atoms with Crippen LogP contribution in [0.3, 0.4) is 0 Å². The Morgan fingerprint density at radius 3 is 2.48 bits per heavy atom. The van der Waals surface area contributed by atoms with Crippen molar-refractivity contribution < 1.29 is 9.90 Å². The van der Waals surface area contributed by atoms with Crippen molar-refractivity contribution in [2.75, 3.05) is 0 Å². The maximum Gasteiger partial charge on any atom is 0.313 e. The SMILES string of the molecule is CCCC(C)(C(=O)O)c1c(C)nc2ccnn2c1-c1ccc(C)cc1. The van der Waals surface area contributed by atoms with Gasteiger partial charge in [-0.05, 0) is 27.2 Å². The van der Waals surface area contributed by atoms with Gasteiger partial charge in [0.05, 0.1) is 17.3 Å². The number of hydrogen-bond donors (Lipinski definition) is 1. The molecule has 0 aliphatic carbocycles. The van der Waals surface area contributed by atoms with Crippen LogP contribution >= 0.6 is 0 Å². The van der Waals surface area contributed by atoms with Crippen molar-refractivity contribution in [2.45, 2.75) is 46.0 Å². The first kappa shape index (κ1) is 17.1. The van der Waals surface area contributed by atoms with E-state index in [0.717, 1.165) is 40.1 Å². The van der Waals surface area contributed by atoms with Gasteiger partial charge in [-0.15, -0.1) is 0 Å². The zero-order chi connectivity index (χ0) is 18.2. The molecule has 0 amide bonds. The van der Waals surface area contributed by atoms with Crippen molar-refractivity contribution in [3.63, 3.8) is 0 Å². The van der Waals surface area contributed by atoms with Crippen LogP contribution in [-0.4, -0.2) is 25.7 Å². The van der Waals surface area contributed by atoms with Gasteiger partial charge in [-0.2, -0.15) is 5.10 Å². The average molecular weight is 337 g/mol. The molecule has 130 valence electrons. The molecule has 0 aliphatic rings. The van der Waals surface area contributed by atoms with Crippen molar-refractivity contribution in [1.29, 1.82) is 0 Å². The van der Waals surface area contributed by atoms with Crippen LogP contribution in [0.4, 0.5) is 0 Å². The van der Waals surface area contributed by atoms with Crippen molar-refractivity contribution in [2.24, 2.45) is 0 Å². The summed E-state index contributed by atoms with van der Waals surface area (Å²) in [6.45, 7) is 7.71. The number of carboxylic acid groups (broad SMARTS) is 1. The lowest BCUT2D eigenvalue weighted by Crippen LogP contribution is -2.34. The summed E-state index contributed by atoms with van der Waals surface area (Å²) in [5.41, 5.74) is 4.09. The van der Waals surface area contributed by atoms with E-state index in [9.17, 15) is 9.90 Å². The Bertz CT molecular complexity index is 928. The van der Waals surface area contributed by atoms with E-state index >= 15 is 0 Å². The second kappa shape index (κ2) is 6.31. The average Bonchev–Trinajstić information content (AvgIpc) is 3.02. The molecule has 25 heavy (non-hydrogen) atoms. The zero-order valence-electron chi connectivity index (χ0n) is 15.1. The summed E-state index contributed by atoms with van der Waals surface area (Å²) in [6.07, 6.45) is 3.00. The smallest absolute Gasteiger partial charge is 0.313 e. The lowest BCUT2D eigenvalue weighted by atomic mass is 9.76. The molecule has 0 radical (unpaired) electrons. The standard InChI is InChI=1S/C20H23N3O2/c1-5-11-20(4,19(24)25)17-14(3)22-16-10-12-21-23(16)18(17)15-8-6-13(2)7-9-15/h6-10,12H,5,11H2,1-4H3,(H,24,25). The third kappa shape index (κ3) is 2.80. The molecule has 1 aromatic carbocycles. The second-order valence-corrected chi connectivity index (χ2v) is 6.78. The molecule has 0 saturated heterocycles. The monoisotopic (exact) mass is 337 g/mol. The maximum absolute atomic E-state index is 12.2. The van der Waals surface area contributed by atoms with Crippen LogP contribution in [0.25, 0.3) is 16.9 Å². The van der Waals surface area contributed by atoms with Crippen LogP contribution in [0.5, 0.6) is 0 Å². The lowest BCUT2D eigenvalue weighted by Gasteiger charge is -2.29.